The smallest absolute Gasteiger partial charge is 0.290 e. The molecule has 3 aromatic rings. The molecular formula is C22H23N3O4. The topological polar surface area (TPSA) is 75.9 Å². The van der Waals surface area contributed by atoms with Crippen molar-refractivity contribution in [2.75, 3.05) is 33.3 Å². The number of piperazine rings is 1. The zero-order chi connectivity index (χ0) is 20.2. The fourth-order valence-corrected chi connectivity index (χ4v) is 3.63. The standard InChI is InChI=1S/C22H23N3O4/c1-28-15-18-17-7-2-3-8-19(17)29-21(18)22(27)25-12-10-24(11-13-25)20(26)14-16-6-4-5-9-23-16/h2-9H,10-15H2,1H3. The van der Waals surface area contributed by atoms with Crippen LogP contribution < -0.4 is 0 Å². The number of rotatable bonds is 5. The quantitative estimate of drug-likeness (QED) is 0.666. The second kappa shape index (κ2) is 8.45. The third kappa shape index (κ3) is 4.00. The molecule has 7 nitrogen and oxygen atoms in total. The maximum atomic E-state index is 13.1. The molecule has 0 saturated carbocycles. The summed E-state index contributed by atoms with van der Waals surface area (Å²) in [5.74, 6) is 0.186. The van der Waals surface area contributed by atoms with Crippen LogP contribution in [0.1, 0.15) is 21.8 Å². The fraction of sp³-hybridized carbons (Fsp3) is 0.318. The number of pyridine rings is 1. The van der Waals surface area contributed by atoms with E-state index in [9.17, 15) is 9.59 Å². The zero-order valence-electron chi connectivity index (χ0n) is 16.3. The van der Waals surface area contributed by atoms with Gasteiger partial charge in [-0.3, -0.25) is 14.6 Å². The molecule has 2 aromatic heterocycles. The average Bonchev–Trinajstić information content (AvgIpc) is 3.13. The van der Waals surface area contributed by atoms with Crippen LogP contribution >= 0.6 is 0 Å². The van der Waals surface area contributed by atoms with E-state index >= 15 is 0 Å². The van der Waals surface area contributed by atoms with Gasteiger partial charge in [0.15, 0.2) is 5.76 Å². The first kappa shape index (κ1) is 19.1. The van der Waals surface area contributed by atoms with Crippen LogP contribution in [0.15, 0.2) is 53.1 Å². The number of aromatic nitrogens is 1. The number of nitrogens with zero attached hydrogens (tertiary/aromatic N) is 3. The molecule has 0 radical (unpaired) electrons. The molecule has 1 aromatic carbocycles. The van der Waals surface area contributed by atoms with Crippen molar-refractivity contribution in [3.05, 3.63) is 65.7 Å². The lowest BCUT2D eigenvalue weighted by Gasteiger charge is -2.34. The summed E-state index contributed by atoms with van der Waals surface area (Å²) in [5, 5.41) is 0.891. The summed E-state index contributed by atoms with van der Waals surface area (Å²) < 4.78 is 11.1. The van der Waals surface area contributed by atoms with Crippen LogP contribution in [0.3, 0.4) is 0 Å². The van der Waals surface area contributed by atoms with E-state index in [1.807, 2.05) is 42.5 Å². The van der Waals surface area contributed by atoms with Gasteiger partial charge in [0, 0.05) is 56.1 Å². The van der Waals surface area contributed by atoms with Gasteiger partial charge in [-0.1, -0.05) is 24.3 Å². The maximum absolute atomic E-state index is 13.1. The molecule has 4 rings (SSSR count). The highest BCUT2D eigenvalue weighted by Crippen LogP contribution is 2.28. The Morgan fingerprint density at radius 3 is 2.48 bits per heavy atom. The van der Waals surface area contributed by atoms with E-state index in [2.05, 4.69) is 4.98 Å². The van der Waals surface area contributed by atoms with E-state index in [0.29, 0.717) is 44.1 Å². The lowest BCUT2D eigenvalue weighted by molar-refractivity contribution is -0.132. The summed E-state index contributed by atoms with van der Waals surface area (Å²) >= 11 is 0. The van der Waals surface area contributed by atoms with Gasteiger partial charge in [0.05, 0.1) is 13.0 Å². The number of benzene rings is 1. The Labute approximate surface area is 168 Å². The first-order valence-electron chi connectivity index (χ1n) is 9.63. The minimum atomic E-state index is -0.162. The number of amides is 2. The summed E-state index contributed by atoms with van der Waals surface area (Å²) in [4.78, 5) is 33.3. The van der Waals surface area contributed by atoms with E-state index < -0.39 is 0 Å². The van der Waals surface area contributed by atoms with Gasteiger partial charge >= 0.3 is 0 Å². The third-order valence-corrected chi connectivity index (χ3v) is 5.16. The predicted molar refractivity (Wildman–Crippen MR) is 107 cm³/mol. The molecule has 29 heavy (non-hydrogen) atoms. The Bertz CT molecular complexity index is 1010. The fourth-order valence-electron chi connectivity index (χ4n) is 3.63. The van der Waals surface area contributed by atoms with Crippen molar-refractivity contribution in [3.8, 4) is 0 Å². The van der Waals surface area contributed by atoms with Crippen LogP contribution in [0, 0.1) is 0 Å². The number of hydrogen-bond donors (Lipinski definition) is 0. The second-order valence-corrected chi connectivity index (χ2v) is 7.01. The van der Waals surface area contributed by atoms with E-state index in [-0.39, 0.29) is 18.2 Å². The minimum Gasteiger partial charge on any atom is -0.451 e. The Morgan fingerprint density at radius 1 is 1.03 bits per heavy atom. The number of carbonyl (C=O) groups is 2. The van der Waals surface area contributed by atoms with Crippen molar-refractivity contribution < 1.29 is 18.7 Å². The maximum Gasteiger partial charge on any atom is 0.290 e. The molecule has 1 aliphatic rings. The van der Waals surface area contributed by atoms with E-state index in [4.69, 9.17) is 9.15 Å². The second-order valence-electron chi connectivity index (χ2n) is 7.01. The predicted octanol–water partition coefficient (Wildman–Crippen LogP) is 2.50. The monoisotopic (exact) mass is 393 g/mol. The van der Waals surface area contributed by atoms with Crippen LogP contribution in [0.4, 0.5) is 0 Å². The summed E-state index contributed by atoms with van der Waals surface area (Å²) in [5.41, 5.74) is 2.19. The Hall–Kier alpha value is -3.19. The highest BCUT2D eigenvalue weighted by molar-refractivity contribution is 5.99. The SMILES string of the molecule is COCc1c(C(=O)N2CCN(C(=O)Cc3ccccn3)CC2)oc2ccccc12. The van der Waals surface area contributed by atoms with Crippen molar-refractivity contribution in [2.24, 2.45) is 0 Å². The first-order chi connectivity index (χ1) is 14.2. The lowest BCUT2D eigenvalue weighted by atomic mass is 10.1. The van der Waals surface area contributed by atoms with Gasteiger partial charge in [-0.05, 0) is 18.2 Å². The van der Waals surface area contributed by atoms with E-state index in [1.165, 1.54) is 0 Å². The molecule has 7 heteroatoms. The van der Waals surface area contributed by atoms with Gasteiger partial charge in [-0.2, -0.15) is 0 Å². The molecule has 0 N–H and O–H groups in total. The molecule has 1 fully saturated rings. The number of carbonyl (C=O) groups excluding carboxylic acids is 2. The highest BCUT2D eigenvalue weighted by Gasteiger charge is 2.29. The molecule has 1 saturated heterocycles. The van der Waals surface area contributed by atoms with Crippen LogP contribution in [0.2, 0.25) is 0 Å². The largest absolute Gasteiger partial charge is 0.451 e. The molecule has 2 amide bonds. The number of hydrogen-bond acceptors (Lipinski definition) is 5. The molecule has 0 spiro atoms. The van der Waals surface area contributed by atoms with E-state index in [1.54, 1.807) is 23.1 Å². The summed E-state index contributed by atoms with van der Waals surface area (Å²) in [6.07, 6.45) is 1.96. The number of ether oxygens (including phenoxy) is 1. The highest BCUT2D eigenvalue weighted by atomic mass is 16.5. The van der Waals surface area contributed by atoms with Crippen LogP contribution in [-0.2, 0) is 22.6 Å². The molecule has 0 aliphatic carbocycles. The van der Waals surface area contributed by atoms with Gasteiger partial charge in [-0.25, -0.2) is 0 Å². The van der Waals surface area contributed by atoms with Crippen LogP contribution in [-0.4, -0.2) is 59.9 Å². The van der Waals surface area contributed by atoms with Crippen molar-refractivity contribution in [1.82, 2.24) is 14.8 Å². The van der Waals surface area contributed by atoms with Crippen molar-refractivity contribution in [2.45, 2.75) is 13.0 Å². The summed E-state index contributed by atoms with van der Waals surface area (Å²) in [7, 11) is 1.60. The van der Waals surface area contributed by atoms with Crippen LogP contribution in [0.5, 0.6) is 0 Å². The zero-order valence-corrected chi connectivity index (χ0v) is 16.3. The van der Waals surface area contributed by atoms with Crippen molar-refractivity contribution in [3.63, 3.8) is 0 Å². The average molecular weight is 393 g/mol. The van der Waals surface area contributed by atoms with Gasteiger partial charge in [0.2, 0.25) is 5.91 Å². The number of furan rings is 1. The molecule has 150 valence electrons. The first-order valence-corrected chi connectivity index (χ1v) is 9.63. The minimum absolute atomic E-state index is 0.0274. The molecule has 1 aliphatic heterocycles. The molecule has 0 unspecified atom stereocenters. The van der Waals surface area contributed by atoms with Gasteiger partial charge < -0.3 is 19.0 Å². The Balaban J connectivity index is 1.43. The van der Waals surface area contributed by atoms with Gasteiger partial charge in [-0.15, -0.1) is 0 Å². The Kier molecular flexibility index (Phi) is 5.57. The lowest BCUT2D eigenvalue weighted by Crippen LogP contribution is -2.51. The Morgan fingerprint density at radius 2 is 1.76 bits per heavy atom. The number of para-hydroxylation sites is 1. The summed E-state index contributed by atoms with van der Waals surface area (Å²) in [6.45, 7) is 2.24. The molecule has 0 atom stereocenters. The molecule has 0 bridgehead atoms. The van der Waals surface area contributed by atoms with Crippen molar-refractivity contribution >= 4 is 22.8 Å². The van der Waals surface area contributed by atoms with Crippen LogP contribution in [0.25, 0.3) is 11.0 Å². The molecular weight excluding hydrogens is 370 g/mol. The number of fused-ring (bicyclic) bond motifs is 1. The van der Waals surface area contributed by atoms with Gasteiger partial charge in [0.1, 0.15) is 5.58 Å². The molecule has 3 heterocycles. The van der Waals surface area contributed by atoms with E-state index in [0.717, 1.165) is 16.6 Å². The van der Waals surface area contributed by atoms with Crippen molar-refractivity contribution in [1.29, 1.82) is 0 Å². The number of methoxy groups -OCH3 is 1. The van der Waals surface area contributed by atoms with Gasteiger partial charge in [0.25, 0.3) is 5.91 Å². The normalized spacial score (nSPS) is 14.4. The summed E-state index contributed by atoms with van der Waals surface area (Å²) in [6, 6.07) is 13.1. The third-order valence-electron chi connectivity index (χ3n) is 5.16.